The molecule has 1 N–H and O–H groups in total. The molecule has 2 heterocycles. The van der Waals surface area contributed by atoms with E-state index in [0.29, 0.717) is 17.7 Å². The topological polar surface area (TPSA) is 106 Å². The standard InChI is InChI=1S/C26H26ClN3O5S/c1-6-17-20(13-28-14-21(17)35-5)30-24(31)22-18(27)11-12-19(23(22)25(30)32)29-36(33,34)16-9-7-15(8-10-16)26(2,3)4/h7-14,29H,6H2,1-5H3. The molecule has 0 atom stereocenters. The molecule has 2 amide bonds. The number of aromatic nitrogens is 1. The van der Waals surface area contributed by atoms with E-state index in [4.69, 9.17) is 16.3 Å². The fraction of sp³-hybridized carbons (Fsp3) is 0.269. The molecule has 10 heteroatoms. The number of pyridine rings is 1. The predicted octanol–water partition coefficient (Wildman–Crippen LogP) is 5.20. The Bertz CT molecular complexity index is 1480. The van der Waals surface area contributed by atoms with Gasteiger partial charge in [0.15, 0.2) is 0 Å². The largest absolute Gasteiger partial charge is 0.495 e. The maximum atomic E-state index is 13.6. The van der Waals surface area contributed by atoms with Gasteiger partial charge in [0.1, 0.15) is 5.75 Å². The first-order chi connectivity index (χ1) is 16.9. The minimum absolute atomic E-state index is 0.0260. The highest BCUT2D eigenvalue weighted by atomic mass is 35.5. The van der Waals surface area contributed by atoms with Crippen LogP contribution in [0.2, 0.25) is 5.02 Å². The number of carbonyl (C=O) groups is 2. The highest BCUT2D eigenvalue weighted by Crippen LogP contribution is 2.40. The Kier molecular flexibility index (Phi) is 6.57. The number of imide groups is 1. The van der Waals surface area contributed by atoms with Crippen molar-refractivity contribution in [1.29, 1.82) is 0 Å². The molecule has 0 spiro atoms. The fourth-order valence-corrected chi connectivity index (χ4v) is 5.46. The molecule has 3 aromatic rings. The minimum Gasteiger partial charge on any atom is -0.495 e. The molecule has 0 aliphatic carbocycles. The van der Waals surface area contributed by atoms with Crippen molar-refractivity contribution in [3.63, 3.8) is 0 Å². The molecule has 0 fully saturated rings. The van der Waals surface area contributed by atoms with E-state index >= 15 is 0 Å². The quantitative estimate of drug-likeness (QED) is 0.441. The highest BCUT2D eigenvalue weighted by Gasteiger charge is 2.42. The van der Waals surface area contributed by atoms with Gasteiger partial charge in [-0.25, -0.2) is 13.3 Å². The summed E-state index contributed by atoms with van der Waals surface area (Å²) >= 11 is 6.32. The number of sulfonamides is 1. The zero-order valence-electron chi connectivity index (χ0n) is 20.5. The van der Waals surface area contributed by atoms with Gasteiger partial charge >= 0.3 is 0 Å². The number of halogens is 1. The van der Waals surface area contributed by atoms with Gasteiger partial charge in [-0.1, -0.05) is 51.4 Å². The van der Waals surface area contributed by atoms with Gasteiger partial charge < -0.3 is 4.74 Å². The molecule has 4 rings (SSSR count). The van der Waals surface area contributed by atoms with Crippen LogP contribution in [0.15, 0.2) is 53.7 Å². The van der Waals surface area contributed by atoms with Crippen molar-refractivity contribution >= 4 is 44.8 Å². The monoisotopic (exact) mass is 527 g/mol. The zero-order valence-corrected chi connectivity index (χ0v) is 22.1. The van der Waals surface area contributed by atoms with Gasteiger partial charge in [-0.05, 0) is 41.7 Å². The molecule has 0 saturated heterocycles. The van der Waals surface area contributed by atoms with Gasteiger partial charge in [0, 0.05) is 5.56 Å². The van der Waals surface area contributed by atoms with Crippen molar-refractivity contribution < 1.29 is 22.7 Å². The van der Waals surface area contributed by atoms with E-state index < -0.39 is 21.8 Å². The molecule has 0 radical (unpaired) electrons. The fourth-order valence-electron chi connectivity index (χ4n) is 4.15. The van der Waals surface area contributed by atoms with Crippen LogP contribution in [0.3, 0.4) is 0 Å². The molecule has 0 saturated carbocycles. The summed E-state index contributed by atoms with van der Waals surface area (Å²) in [6.45, 7) is 7.95. The third kappa shape index (κ3) is 4.33. The highest BCUT2D eigenvalue weighted by molar-refractivity contribution is 7.92. The summed E-state index contributed by atoms with van der Waals surface area (Å²) < 4.78 is 34.2. The van der Waals surface area contributed by atoms with Crippen LogP contribution in [0.25, 0.3) is 0 Å². The average Bonchev–Trinajstić information content (AvgIpc) is 3.10. The molecule has 188 valence electrons. The van der Waals surface area contributed by atoms with E-state index in [1.54, 1.807) is 12.1 Å². The Balaban J connectivity index is 1.77. The number of amides is 2. The van der Waals surface area contributed by atoms with E-state index in [9.17, 15) is 18.0 Å². The number of methoxy groups -OCH3 is 1. The Morgan fingerprint density at radius 2 is 1.64 bits per heavy atom. The van der Waals surface area contributed by atoms with E-state index in [1.165, 1.54) is 43.8 Å². The third-order valence-corrected chi connectivity index (χ3v) is 7.77. The summed E-state index contributed by atoms with van der Waals surface area (Å²) in [7, 11) is -2.59. The first-order valence-electron chi connectivity index (χ1n) is 11.3. The molecule has 2 aromatic carbocycles. The van der Waals surface area contributed by atoms with Gasteiger partial charge in [-0.15, -0.1) is 0 Å². The summed E-state index contributed by atoms with van der Waals surface area (Å²) in [6, 6.07) is 9.28. The predicted molar refractivity (Wildman–Crippen MR) is 139 cm³/mol. The van der Waals surface area contributed by atoms with Crippen molar-refractivity contribution in [2.24, 2.45) is 0 Å². The number of hydrogen-bond donors (Lipinski definition) is 1. The Morgan fingerprint density at radius 3 is 2.22 bits per heavy atom. The summed E-state index contributed by atoms with van der Waals surface area (Å²) in [5, 5.41) is 0.0391. The number of anilines is 2. The van der Waals surface area contributed by atoms with E-state index in [2.05, 4.69) is 9.71 Å². The number of benzene rings is 2. The summed E-state index contributed by atoms with van der Waals surface area (Å²) in [5.41, 5.74) is 1.47. The molecule has 0 bridgehead atoms. The summed E-state index contributed by atoms with van der Waals surface area (Å²) in [6.07, 6.45) is 3.36. The molecule has 36 heavy (non-hydrogen) atoms. The second kappa shape index (κ2) is 9.22. The van der Waals surface area contributed by atoms with Crippen molar-refractivity contribution in [3.8, 4) is 5.75 Å². The van der Waals surface area contributed by atoms with Gasteiger partial charge in [-0.3, -0.25) is 19.3 Å². The van der Waals surface area contributed by atoms with E-state index in [-0.39, 0.29) is 37.8 Å². The third-order valence-electron chi connectivity index (χ3n) is 6.07. The van der Waals surface area contributed by atoms with Crippen LogP contribution in [-0.2, 0) is 21.9 Å². The van der Waals surface area contributed by atoms with Gasteiger partial charge in [0.25, 0.3) is 21.8 Å². The minimum atomic E-state index is -4.06. The maximum Gasteiger partial charge on any atom is 0.268 e. The molecular formula is C26H26ClN3O5S. The molecule has 1 aromatic heterocycles. The zero-order chi connectivity index (χ0) is 26.4. The van der Waals surface area contributed by atoms with Crippen LogP contribution in [0.4, 0.5) is 11.4 Å². The lowest BCUT2D eigenvalue weighted by atomic mass is 9.87. The van der Waals surface area contributed by atoms with E-state index in [0.717, 1.165) is 10.5 Å². The lowest BCUT2D eigenvalue weighted by molar-refractivity contribution is 0.0926. The maximum absolute atomic E-state index is 13.6. The van der Waals surface area contributed by atoms with Gasteiger partial charge in [-0.2, -0.15) is 0 Å². The van der Waals surface area contributed by atoms with Crippen molar-refractivity contribution in [1.82, 2.24) is 4.98 Å². The molecule has 0 unspecified atom stereocenters. The Morgan fingerprint density at radius 1 is 1.00 bits per heavy atom. The molecular weight excluding hydrogens is 502 g/mol. The van der Waals surface area contributed by atoms with E-state index in [1.807, 2.05) is 27.7 Å². The summed E-state index contributed by atoms with van der Waals surface area (Å²) in [4.78, 5) is 32.0. The van der Waals surface area contributed by atoms with Gasteiger partial charge in [0.05, 0.1) is 51.9 Å². The normalized spacial score (nSPS) is 13.7. The Hall–Kier alpha value is -3.43. The molecule has 1 aliphatic rings. The number of rotatable bonds is 6. The second-order valence-corrected chi connectivity index (χ2v) is 11.5. The van der Waals surface area contributed by atoms with Crippen LogP contribution in [0, 0.1) is 0 Å². The average molecular weight is 528 g/mol. The van der Waals surface area contributed by atoms with Crippen molar-refractivity contribution in [2.75, 3.05) is 16.7 Å². The first kappa shape index (κ1) is 25.7. The molecule has 1 aliphatic heterocycles. The SMILES string of the molecule is CCc1c(OC)cncc1N1C(=O)c2c(Cl)ccc(NS(=O)(=O)c3ccc(C(C)(C)C)cc3)c2C1=O. The number of fused-ring (bicyclic) bond motifs is 1. The molecule has 8 nitrogen and oxygen atoms in total. The van der Waals surface area contributed by atoms with Crippen LogP contribution < -0.4 is 14.4 Å². The second-order valence-electron chi connectivity index (χ2n) is 9.36. The van der Waals surface area contributed by atoms with Crippen molar-refractivity contribution in [3.05, 3.63) is 76.1 Å². The number of hydrogen-bond acceptors (Lipinski definition) is 6. The van der Waals surface area contributed by atoms with Gasteiger partial charge in [0.2, 0.25) is 0 Å². The number of carbonyl (C=O) groups excluding carboxylic acids is 2. The Labute approximate surface area is 215 Å². The smallest absolute Gasteiger partial charge is 0.268 e. The number of ether oxygens (including phenoxy) is 1. The lowest BCUT2D eigenvalue weighted by Crippen LogP contribution is -2.31. The number of nitrogens with one attached hydrogen (secondary N) is 1. The van der Waals surface area contributed by atoms with Crippen molar-refractivity contribution in [2.45, 2.75) is 44.4 Å². The van der Waals surface area contributed by atoms with Crippen LogP contribution in [0.5, 0.6) is 5.75 Å². The number of nitrogens with zero attached hydrogens (tertiary/aromatic N) is 2. The van der Waals surface area contributed by atoms with Crippen LogP contribution in [0.1, 0.15) is 59.5 Å². The first-order valence-corrected chi connectivity index (χ1v) is 13.1. The van der Waals surface area contributed by atoms with Crippen LogP contribution >= 0.6 is 11.6 Å². The van der Waals surface area contributed by atoms with Crippen LogP contribution in [-0.4, -0.2) is 32.3 Å². The summed E-state index contributed by atoms with van der Waals surface area (Å²) in [5.74, 6) is -0.944. The lowest BCUT2D eigenvalue weighted by Gasteiger charge is -2.19.